The predicted molar refractivity (Wildman–Crippen MR) is 105 cm³/mol. The van der Waals surface area contributed by atoms with Crippen molar-refractivity contribution in [2.75, 3.05) is 0 Å². The average molecular weight is 404 g/mol. The van der Waals surface area contributed by atoms with Gasteiger partial charge in [-0.25, -0.2) is 14.3 Å². The number of nitro groups is 1. The molecule has 3 heterocycles. The lowest BCUT2D eigenvalue weighted by atomic mass is 10.2. The first-order chi connectivity index (χ1) is 14.5. The number of pyridine rings is 1. The number of nitrogens with zero attached hydrogens (tertiary/aromatic N) is 7. The van der Waals surface area contributed by atoms with Gasteiger partial charge in [0.15, 0.2) is 11.5 Å². The summed E-state index contributed by atoms with van der Waals surface area (Å²) < 4.78 is 3.01. The first-order valence-corrected chi connectivity index (χ1v) is 8.94. The van der Waals surface area contributed by atoms with Gasteiger partial charge in [-0.3, -0.25) is 14.9 Å². The van der Waals surface area contributed by atoms with E-state index in [1.807, 2.05) is 6.07 Å². The third-order valence-electron chi connectivity index (χ3n) is 4.42. The number of benzene rings is 1. The quantitative estimate of drug-likeness (QED) is 0.384. The SMILES string of the molecule is Cc1c(C(=O)NCc2cccnc2-n2cccn2)nnn1-c1cccc([N+](=O)[O-])c1. The van der Waals surface area contributed by atoms with Gasteiger partial charge < -0.3 is 5.32 Å². The maximum absolute atomic E-state index is 12.7. The number of nitrogens with one attached hydrogen (secondary N) is 1. The van der Waals surface area contributed by atoms with Crippen LogP contribution in [0.25, 0.3) is 11.5 Å². The molecule has 1 amide bonds. The van der Waals surface area contributed by atoms with Crippen LogP contribution in [-0.4, -0.2) is 40.6 Å². The highest BCUT2D eigenvalue weighted by Crippen LogP contribution is 2.18. The summed E-state index contributed by atoms with van der Waals surface area (Å²) in [6, 6.07) is 11.4. The van der Waals surface area contributed by atoms with Gasteiger partial charge in [0.25, 0.3) is 11.6 Å². The van der Waals surface area contributed by atoms with Crippen LogP contribution in [0.2, 0.25) is 0 Å². The molecule has 0 saturated carbocycles. The molecule has 0 aliphatic heterocycles. The van der Waals surface area contributed by atoms with E-state index in [-0.39, 0.29) is 17.9 Å². The van der Waals surface area contributed by atoms with Gasteiger partial charge in [0.2, 0.25) is 0 Å². The van der Waals surface area contributed by atoms with Gasteiger partial charge in [0, 0.05) is 42.8 Å². The highest BCUT2D eigenvalue weighted by molar-refractivity contribution is 5.93. The van der Waals surface area contributed by atoms with Gasteiger partial charge in [-0.15, -0.1) is 5.10 Å². The molecule has 0 spiro atoms. The highest BCUT2D eigenvalue weighted by atomic mass is 16.6. The fraction of sp³-hybridized carbons (Fsp3) is 0.105. The maximum Gasteiger partial charge on any atom is 0.274 e. The lowest BCUT2D eigenvalue weighted by Crippen LogP contribution is -2.25. The van der Waals surface area contributed by atoms with Crippen molar-refractivity contribution in [2.24, 2.45) is 0 Å². The van der Waals surface area contributed by atoms with Crippen LogP contribution in [0.4, 0.5) is 5.69 Å². The van der Waals surface area contributed by atoms with E-state index in [1.54, 1.807) is 54.5 Å². The number of hydrogen-bond acceptors (Lipinski definition) is 7. The smallest absolute Gasteiger partial charge is 0.274 e. The zero-order valence-electron chi connectivity index (χ0n) is 15.8. The summed E-state index contributed by atoms with van der Waals surface area (Å²) in [6.07, 6.45) is 5.06. The van der Waals surface area contributed by atoms with Gasteiger partial charge in [-0.1, -0.05) is 17.3 Å². The topological polar surface area (TPSA) is 134 Å². The Morgan fingerprint density at radius 2 is 2.07 bits per heavy atom. The van der Waals surface area contributed by atoms with E-state index in [0.717, 1.165) is 5.56 Å². The maximum atomic E-state index is 12.7. The summed E-state index contributed by atoms with van der Waals surface area (Å²) in [5.74, 6) is 0.194. The zero-order valence-corrected chi connectivity index (χ0v) is 15.8. The molecule has 150 valence electrons. The van der Waals surface area contributed by atoms with Crippen LogP contribution in [0.15, 0.2) is 61.1 Å². The van der Waals surface area contributed by atoms with Gasteiger partial charge >= 0.3 is 0 Å². The van der Waals surface area contributed by atoms with Crippen molar-refractivity contribution in [1.29, 1.82) is 0 Å². The van der Waals surface area contributed by atoms with Crippen molar-refractivity contribution in [3.05, 3.63) is 88.1 Å². The Balaban J connectivity index is 1.54. The zero-order chi connectivity index (χ0) is 21.1. The standard InChI is InChI=1S/C19H16N8O3/c1-13-17(23-24-26(13)15-6-2-7-16(11-15)27(29)30)19(28)21-12-14-5-3-8-20-18(14)25-10-4-9-22-25/h2-11H,12H2,1H3,(H,21,28). The Morgan fingerprint density at radius 3 is 2.83 bits per heavy atom. The van der Waals surface area contributed by atoms with Crippen molar-refractivity contribution in [3.8, 4) is 11.5 Å². The Hall–Kier alpha value is -4.41. The summed E-state index contributed by atoms with van der Waals surface area (Å²) in [4.78, 5) is 27.5. The number of rotatable bonds is 6. The van der Waals surface area contributed by atoms with Crippen LogP contribution in [0, 0.1) is 17.0 Å². The summed E-state index contributed by atoms with van der Waals surface area (Å²) in [5.41, 5.74) is 1.74. The molecule has 0 fully saturated rings. The molecule has 11 heteroatoms. The molecule has 0 aliphatic carbocycles. The minimum atomic E-state index is -0.492. The van der Waals surface area contributed by atoms with Crippen molar-refractivity contribution < 1.29 is 9.72 Å². The molecule has 1 N–H and O–H groups in total. The molecule has 1 aromatic carbocycles. The number of carbonyl (C=O) groups excluding carboxylic acids is 1. The highest BCUT2D eigenvalue weighted by Gasteiger charge is 2.19. The van der Waals surface area contributed by atoms with E-state index < -0.39 is 10.8 Å². The molecule has 30 heavy (non-hydrogen) atoms. The fourth-order valence-electron chi connectivity index (χ4n) is 2.95. The molecular formula is C19H16N8O3. The van der Waals surface area contributed by atoms with Crippen LogP contribution in [0.1, 0.15) is 21.7 Å². The molecule has 0 atom stereocenters. The number of nitro benzene ring substituents is 1. The monoisotopic (exact) mass is 404 g/mol. The van der Waals surface area contributed by atoms with E-state index in [9.17, 15) is 14.9 Å². The predicted octanol–water partition coefficient (Wildman–Crippen LogP) is 1.99. The summed E-state index contributed by atoms with van der Waals surface area (Å²) >= 11 is 0. The van der Waals surface area contributed by atoms with Crippen LogP contribution >= 0.6 is 0 Å². The first-order valence-electron chi connectivity index (χ1n) is 8.94. The third-order valence-corrected chi connectivity index (χ3v) is 4.42. The van der Waals surface area contributed by atoms with Gasteiger partial charge in [0.05, 0.1) is 16.3 Å². The lowest BCUT2D eigenvalue weighted by molar-refractivity contribution is -0.384. The van der Waals surface area contributed by atoms with Crippen LogP contribution in [0.5, 0.6) is 0 Å². The van der Waals surface area contributed by atoms with Gasteiger partial charge in [-0.05, 0) is 25.1 Å². The van der Waals surface area contributed by atoms with E-state index in [0.29, 0.717) is 17.2 Å². The molecule has 0 radical (unpaired) electrons. The largest absolute Gasteiger partial charge is 0.346 e. The van der Waals surface area contributed by atoms with Crippen molar-refractivity contribution in [1.82, 2.24) is 35.1 Å². The second-order valence-corrected chi connectivity index (χ2v) is 6.33. The number of carbonyl (C=O) groups is 1. The normalized spacial score (nSPS) is 10.7. The van der Waals surface area contributed by atoms with E-state index >= 15 is 0 Å². The molecule has 0 bridgehead atoms. The van der Waals surface area contributed by atoms with E-state index in [2.05, 4.69) is 25.7 Å². The molecule has 11 nitrogen and oxygen atoms in total. The molecule has 0 saturated heterocycles. The van der Waals surface area contributed by atoms with Gasteiger partial charge in [0.1, 0.15) is 0 Å². The summed E-state index contributed by atoms with van der Waals surface area (Å²) in [5, 5.41) is 25.9. The fourth-order valence-corrected chi connectivity index (χ4v) is 2.95. The number of amides is 1. The van der Waals surface area contributed by atoms with Gasteiger partial charge in [-0.2, -0.15) is 5.10 Å². The van der Waals surface area contributed by atoms with Crippen LogP contribution in [0.3, 0.4) is 0 Å². The van der Waals surface area contributed by atoms with Crippen molar-refractivity contribution >= 4 is 11.6 Å². The number of hydrogen-bond donors (Lipinski definition) is 1. The summed E-state index contributed by atoms with van der Waals surface area (Å²) in [7, 11) is 0. The Morgan fingerprint density at radius 1 is 1.20 bits per heavy atom. The summed E-state index contributed by atoms with van der Waals surface area (Å²) in [6.45, 7) is 1.89. The number of aromatic nitrogens is 6. The molecule has 0 unspecified atom stereocenters. The Bertz CT molecular complexity index is 1220. The molecular weight excluding hydrogens is 388 g/mol. The molecule has 0 aliphatic rings. The first kappa shape index (κ1) is 18.9. The van der Waals surface area contributed by atoms with Crippen LogP contribution in [-0.2, 0) is 6.54 Å². The Kier molecular flexibility index (Phi) is 4.99. The van der Waals surface area contributed by atoms with Crippen molar-refractivity contribution in [2.45, 2.75) is 13.5 Å². The van der Waals surface area contributed by atoms with E-state index in [4.69, 9.17) is 0 Å². The molecule has 3 aromatic heterocycles. The average Bonchev–Trinajstić information content (AvgIpc) is 3.42. The van der Waals surface area contributed by atoms with E-state index in [1.165, 1.54) is 16.8 Å². The molecule has 4 rings (SSSR count). The third kappa shape index (κ3) is 3.63. The lowest BCUT2D eigenvalue weighted by Gasteiger charge is -2.09. The minimum Gasteiger partial charge on any atom is -0.346 e. The second-order valence-electron chi connectivity index (χ2n) is 6.33. The Labute approximate surface area is 170 Å². The minimum absolute atomic E-state index is 0.0730. The second kappa shape index (κ2) is 7.91. The van der Waals surface area contributed by atoms with Crippen LogP contribution < -0.4 is 5.32 Å². The van der Waals surface area contributed by atoms with Crippen molar-refractivity contribution in [3.63, 3.8) is 0 Å². The number of non-ortho nitro benzene ring substituents is 1. The molecule has 4 aromatic rings.